The van der Waals surface area contributed by atoms with Crippen LogP contribution in [0.3, 0.4) is 0 Å². The normalized spacial score (nSPS) is 10.3. The van der Waals surface area contributed by atoms with Crippen LogP contribution in [-0.2, 0) is 6.61 Å². The predicted octanol–water partition coefficient (Wildman–Crippen LogP) is 5.22. The topological polar surface area (TPSA) is 51.2 Å². The summed E-state index contributed by atoms with van der Waals surface area (Å²) < 4.78 is 5.69. The molecule has 2 aromatic carbocycles. The molecule has 4 nitrogen and oxygen atoms in total. The zero-order valence-electron chi connectivity index (χ0n) is 13.1. The number of amides is 1. The maximum absolute atomic E-state index is 12.5. The minimum absolute atomic E-state index is 0.0957. The summed E-state index contributed by atoms with van der Waals surface area (Å²) in [5, 5.41) is 3.79. The number of nitrogens with one attached hydrogen (secondary N) is 1. The highest BCUT2D eigenvalue weighted by Crippen LogP contribution is 2.28. The number of hydrogen-bond donors (Lipinski definition) is 1. The SMILES string of the molecule is O=C(Nc1ccccc1)c1cccnc1COc1cc(Cl)ccc1Cl. The number of anilines is 1. The molecule has 0 saturated carbocycles. The molecule has 25 heavy (non-hydrogen) atoms. The molecule has 0 radical (unpaired) electrons. The van der Waals surface area contributed by atoms with Crippen LogP contribution in [0, 0.1) is 0 Å². The van der Waals surface area contributed by atoms with Crippen LogP contribution in [0.4, 0.5) is 5.69 Å². The van der Waals surface area contributed by atoms with Crippen LogP contribution in [0.1, 0.15) is 16.1 Å². The summed E-state index contributed by atoms with van der Waals surface area (Å²) in [5.74, 6) is 0.185. The van der Waals surface area contributed by atoms with Crippen LogP contribution < -0.4 is 10.1 Å². The van der Waals surface area contributed by atoms with Crippen LogP contribution in [0.5, 0.6) is 5.75 Å². The van der Waals surface area contributed by atoms with Crippen LogP contribution >= 0.6 is 23.2 Å². The average molecular weight is 373 g/mol. The molecule has 0 saturated heterocycles. The Kier molecular flexibility index (Phi) is 5.53. The Morgan fingerprint density at radius 3 is 2.64 bits per heavy atom. The second-order valence-electron chi connectivity index (χ2n) is 5.18. The van der Waals surface area contributed by atoms with E-state index in [4.69, 9.17) is 27.9 Å². The van der Waals surface area contributed by atoms with Gasteiger partial charge < -0.3 is 10.1 Å². The van der Waals surface area contributed by atoms with Gasteiger partial charge >= 0.3 is 0 Å². The Morgan fingerprint density at radius 1 is 1.04 bits per heavy atom. The number of nitrogens with zero attached hydrogens (tertiary/aromatic N) is 1. The highest BCUT2D eigenvalue weighted by atomic mass is 35.5. The van der Waals surface area contributed by atoms with Gasteiger partial charge in [-0.15, -0.1) is 0 Å². The molecule has 3 rings (SSSR count). The molecule has 0 fully saturated rings. The maximum Gasteiger partial charge on any atom is 0.257 e. The second kappa shape index (κ2) is 8.01. The fraction of sp³-hybridized carbons (Fsp3) is 0.0526. The number of rotatable bonds is 5. The van der Waals surface area contributed by atoms with E-state index < -0.39 is 0 Å². The summed E-state index contributed by atoms with van der Waals surface area (Å²) in [5.41, 5.74) is 1.65. The minimum atomic E-state index is -0.255. The first kappa shape index (κ1) is 17.3. The fourth-order valence-corrected chi connectivity index (χ4v) is 2.55. The van der Waals surface area contributed by atoms with Crippen molar-refractivity contribution in [2.24, 2.45) is 0 Å². The van der Waals surface area contributed by atoms with Crippen molar-refractivity contribution in [1.29, 1.82) is 0 Å². The first-order valence-corrected chi connectivity index (χ1v) is 8.27. The van der Waals surface area contributed by atoms with Gasteiger partial charge in [0, 0.05) is 23.0 Å². The number of aromatic nitrogens is 1. The van der Waals surface area contributed by atoms with Crippen molar-refractivity contribution in [3.63, 3.8) is 0 Å². The summed E-state index contributed by atoms with van der Waals surface area (Å²) >= 11 is 12.0. The monoisotopic (exact) mass is 372 g/mol. The summed E-state index contributed by atoms with van der Waals surface area (Å²) in [7, 11) is 0. The van der Waals surface area contributed by atoms with Crippen molar-refractivity contribution in [3.05, 3.63) is 88.2 Å². The van der Waals surface area contributed by atoms with Crippen LogP contribution in [0.25, 0.3) is 0 Å². The number of carbonyl (C=O) groups is 1. The molecule has 3 aromatic rings. The van der Waals surface area contributed by atoms with Crippen molar-refractivity contribution in [3.8, 4) is 5.75 Å². The highest BCUT2D eigenvalue weighted by molar-refractivity contribution is 6.34. The van der Waals surface area contributed by atoms with Gasteiger partial charge in [0.05, 0.1) is 16.3 Å². The first-order chi connectivity index (χ1) is 12.1. The molecule has 0 bridgehead atoms. The standard InChI is InChI=1S/C19H14Cl2N2O2/c20-13-8-9-16(21)18(11-13)25-12-17-15(7-4-10-22-17)19(24)23-14-5-2-1-3-6-14/h1-11H,12H2,(H,23,24). The third kappa shape index (κ3) is 4.50. The molecule has 1 heterocycles. The Morgan fingerprint density at radius 2 is 1.84 bits per heavy atom. The third-order valence-electron chi connectivity index (χ3n) is 3.42. The van der Waals surface area contributed by atoms with E-state index in [9.17, 15) is 4.79 Å². The average Bonchev–Trinajstić information content (AvgIpc) is 2.63. The van der Waals surface area contributed by atoms with Gasteiger partial charge in [-0.2, -0.15) is 0 Å². The van der Waals surface area contributed by atoms with Gasteiger partial charge in [-0.05, 0) is 36.4 Å². The van der Waals surface area contributed by atoms with Gasteiger partial charge in [-0.25, -0.2) is 0 Å². The van der Waals surface area contributed by atoms with Gasteiger partial charge in [-0.1, -0.05) is 41.4 Å². The van der Waals surface area contributed by atoms with Crippen molar-refractivity contribution >= 4 is 34.8 Å². The Labute approximate surface area is 155 Å². The minimum Gasteiger partial charge on any atom is -0.486 e. The van der Waals surface area contributed by atoms with E-state index in [1.165, 1.54) is 0 Å². The highest BCUT2D eigenvalue weighted by Gasteiger charge is 2.14. The molecule has 6 heteroatoms. The van der Waals surface area contributed by atoms with E-state index in [1.54, 1.807) is 36.5 Å². The fourth-order valence-electron chi connectivity index (χ4n) is 2.21. The number of hydrogen-bond acceptors (Lipinski definition) is 3. The molecular formula is C19H14Cl2N2O2. The summed E-state index contributed by atoms with van der Waals surface area (Å²) in [6.07, 6.45) is 1.61. The molecule has 1 N–H and O–H groups in total. The Bertz CT molecular complexity index is 886. The number of halogens is 2. The third-order valence-corrected chi connectivity index (χ3v) is 3.97. The number of carbonyl (C=O) groups excluding carboxylic acids is 1. The lowest BCUT2D eigenvalue weighted by molar-refractivity contribution is 0.102. The quantitative estimate of drug-likeness (QED) is 0.667. The lowest BCUT2D eigenvalue weighted by Gasteiger charge is -2.11. The van der Waals surface area contributed by atoms with E-state index in [-0.39, 0.29) is 12.5 Å². The Hall–Kier alpha value is -2.56. The Balaban J connectivity index is 1.76. The maximum atomic E-state index is 12.5. The van der Waals surface area contributed by atoms with Crippen molar-refractivity contribution in [2.45, 2.75) is 6.61 Å². The van der Waals surface area contributed by atoms with E-state index in [1.807, 2.05) is 30.3 Å². The lowest BCUT2D eigenvalue weighted by Crippen LogP contribution is -2.16. The molecular weight excluding hydrogens is 359 g/mol. The van der Waals surface area contributed by atoms with Crippen molar-refractivity contribution < 1.29 is 9.53 Å². The number of para-hydroxylation sites is 1. The largest absolute Gasteiger partial charge is 0.486 e. The molecule has 126 valence electrons. The summed E-state index contributed by atoms with van der Waals surface area (Å²) in [6.45, 7) is 0.0957. The van der Waals surface area contributed by atoms with Gasteiger partial charge in [0.1, 0.15) is 12.4 Å². The molecule has 1 amide bonds. The molecule has 0 spiro atoms. The van der Waals surface area contributed by atoms with Gasteiger partial charge in [-0.3, -0.25) is 9.78 Å². The molecule has 0 aliphatic carbocycles. The smallest absolute Gasteiger partial charge is 0.257 e. The zero-order valence-corrected chi connectivity index (χ0v) is 14.6. The van der Waals surface area contributed by atoms with Gasteiger partial charge in [0.15, 0.2) is 0 Å². The molecule has 0 unspecified atom stereocenters. The van der Waals surface area contributed by atoms with Gasteiger partial charge in [0.25, 0.3) is 5.91 Å². The van der Waals surface area contributed by atoms with E-state index in [0.29, 0.717) is 32.7 Å². The van der Waals surface area contributed by atoms with E-state index in [2.05, 4.69) is 10.3 Å². The van der Waals surface area contributed by atoms with E-state index in [0.717, 1.165) is 0 Å². The van der Waals surface area contributed by atoms with Crippen molar-refractivity contribution in [1.82, 2.24) is 4.98 Å². The summed E-state index contributed by atoms with van der Waals surface area (Å²) in [6, 6.07) is 17.6. The molecule has 1 aromatic heterocycles. The zero-order chi connectivity index (χ0) is 17.6. The van der Waals surface area contributed by atoms with Gasteiger partial charge in [0.2, 0.25) is 0 Å². The van der Waals surface area contributed by atoms with Crippen LogP contribution in [0.2, 0.25) is 10.0 Å². The molecule has 0 atom stereocenters. The summed E-state index contributed by atoms with van der Waals surface area (Å²) in [4.78, 5) is 16.8. The van der Waals surface area contributed by atoms with Crippen LogP contribution in [0.15, 0.2) is 66.9 Å². The predicted molar refractivity (Wildman–Crippen MR) is 99.4 cm³/mol. The molecule has 0 aliphatic heterocycles. The van der Waals surface area contributed by atoms with Crippen LogP contribution in [-0.4, -0.2) is 10.9 Å². The number of benzene rings is 2. The van der Waals surface area contributed by atoms with Crippen molar-refractivity contribution in [2.75, 3.05) is 5.32 Å². The lowest BCUT2D eigenvalue weighted by atomic mass is 10.2. The number of ether oxygens (including phenoxy) is 1. The van der Waals surface area contributed by atoms with E-state index >= 15 is 0 Å². The number of pyridine rings is 1. The second-order valence-corrected chi connectivity index (χ2v) is 6.02. The molecule has 0 aliphatic rings. The first-order valence-electron chi connectivity index (χ1n) is 7.51.